The number of benzene rings is 2. The van der Waals surface area contributed by atoms with Crippen LogP contribution in [0.1, 0.15) is 27.6 Å². The number of carboxylic acid groups (broad SMARTS) is 1. The topological polar surface area (TPSA) is 124 Å². The lowest BCUT2D eigenvalue weighted by Gasteiger charge is -2.11. The third kappa shape index (κ3) is 5.74. The van der Waals surface area contributed by atoms with E-state index in [9.17, 15) is 9.59 Å². The van der Waals surface area contributed by atoms with Gasteiger partial charge in [0.15, 0.2) is 5.78 Å². The number of nitrogens with one attached hydrogen (secondary N) is 2. The largest absolute Gasteiger partial charge is 0.478 e. The van der Waals surface area contributed by atoms with Gasteiger partial charge in [-0.3, -0.25) is 4.79 Å². The van der Waals surface area contributed by atoms with E-state index in [-0.39, 0.29) is 17.3 Å². The summed E-state index contributed by atoms with van der Waals surface area (Å²) in [6.45, 7) is 1.51. The van der Waals surface area contributed by atoms with E-state index in [1.165, 1.54) is 19.1 Å². The van der Waals surface area contributed by atoms with Crippen LogP contribution in [0.5, 0.6) is 0 Å². The lowest BCUT2D eigenvalue weighted by Crippen LogP contribution is -2.33. The van der Waals surface area contributed by atoms with Crippen LogP contribution in [0, 0.1) is 0 Å². The maximum absolute atomic E-state index is 11.6. The fourth-order valence-electron chi connectivity index (χ4n) is 3.18. The Labute approximate surface area is 201 Å². The van der Waals surface area contributed by atoms with Gasteiger partial charge in [0, 0.05) is 36.7 Å². The third-order valence-electron chi connectivity index (χ3n) is 5.12. The van der Waals surface area contributed by atoms with Crippen LogP contribution in [0.2, 0.25) is 0 Å². The van der Waals surface area contributed by atoms with Gasteiger partial charge in [-0.15, -0.1) is 4.98 Å². The molecule has 4 rings (SSSR count). The number of aromatic nitrogens is 4. The molecule has 10 nitrogen and oxygen atoms in total. The number of aromatic carboxylic acids is 1. The molecule has 0 amide bonds. The monoisotopic (exact) mass is 470 g/mol. The lowest BCUT2D eigenvalue weighted by molar-refractivity contribution is -0.603. The van der Waals surface area contributed by atoms with E-state index in [0.717, 1.165) is 5.69 Å². The van der Waals surface area contributed by atoms with Crippen molar-refractivity contribution in [1.82, 2.24) is 15.0 Å². The molecule has 0 unspecified atom stereocenters. The highest BCUT2D eigenvalue weighted by Crippen LogP contribution is 2.19. The van der Waals surface area contributed by atoms with Crippen molar-refractivity contribution in [3.05, 3.63) is 84.2 Å². The molecule has 0 atom stereocenters. The maximum Gasteiger partial charge on any atom is 0.444 e. The van der Waals surface area contributed by atoms with Crippen LogP contribution in [0.4, 0.5) is 29.0 Å². The number of Topliss-reactive ketones (excluding diaryl/α,β-unsaturated/α-hetero) is 1. The molecule has 0 fully saturated rings. The quantitative estimate of drug-likeness (QED) is 0.262. The molecule has 0 saturated carbocycles. The molecule has 10 heteroatoms. The van der Waals surface area contributed by atoms with Gasteiger partial charge in [-0.05, 0) is 77.6 Å². The Morgan fingerprint density at radius 2 is 1.26 bits per heavy atom. The number of carbonyl (C=O) groups excluding carboxylic acids is 1. The van der Waals surface area contributed by atoms with E-state index in [1.54, 1.807) is 41.0 Å². The van der Waals surface area contributed by atoms with Crippen molar-refractivity contribution in [3.8, 4) is 5.95 Å². The number of nitrogens with zero attached hydrogens (tertiary/aromatic N) is 5. The van der Waals surface area contributed by atoms with Gasteiger partial charge in [-0.1, -0.05) is 0 Å². The molecule has 2 aromatic heterocycles. The molecule has 0 aliphatic carbocycles. The number of hydrogen-bond donors (Lipinski definition) is 3. The molecule has 0 spiro atoms. The molecule has 0 saturated heterocycles. The molecular formula is C25H24N7O3+. The van der Waals surface area contributed by atoms with Crippen molar-refractivity contribution in [1.29, 1.82) is 0 Å². The summed E-state index contributed by atoms with van der Waals surface area (Å²) in [6, 6.07) is 17.2. The first-order chi connectivity index (χ1) is 16.8. The molecule has 4 aromatic rings. The van der Waals surface area contributed by atoms with E-state index < -0.39 is 5.97 Å². The van der Waals surface area contributed by atoms with Crippen molar-refractivity contribution >= 4 is 40.7 Å². The van der Waals surface area contributed by atoms with Crippen LogP contribution in [-0.4, -0.2) is 45.9 Å². The molecule has 35 heavy (non-hydrogen) atoms. The smallest absolute Gasteiger partial charge is 0.444 e. The Bertz CT molecular complexity index is 1280. The fraction of sp³-hybridized carbons (Fsp3) is 0.120. The maximum atomic E-state index is 11.6. The second-order valence-corrected chi connectivity index (χ2v) is 7.91. The highest BCUT2D eigenvalue weighted by atomic mass is 16.4. The molecule has 0 radical (unpaired) electrons. The van der Waals surface area contributed by atoms with E-state index >= 15 is 0 Å². The average Bonchev–Trinajstić information content (AvgIpc) is 2.84. The van der Waals surface area contributed by atoms with Crippen LogP contribution >= 0.6 is 0 Å². The summed E-state index contributed by atoms with van der Waals surface area (Å²) in [5.74, 6) is -0.0850. The Hall–Kier alpha value is -4.86. The van der Waals surface area contributed by atoms with Crippen molar-refractivity contribution in [2.75, 3.05) is 29.6 Å². The van der Waals surface area contributed by atoms with Crippen molar-refractivity contribution in [2.24, 2.45) is 0 Å². The minimum atomic E-state index is -1.00. The zero-order valence-electron chi connectivity index (χ0n) is 19.4. The SMILES string of the molecule is CC(=O)c1ccc(Nc2nc(Nc3ccc(C(=O)O)cc3)nc(-[n+]3ccc(N(C)C)cc3)n2)cc1. The van der Waals surface area contributed by atoms with Gasteiger partial charge < -0.3 is 20.6 Å². The summed E-state index contributed by atoms with van der Waals surface area (Å²) < 4.78 is 1.76. The Morgan fingerprint density at radius 1 is 0.771 bits per heavy atom. The summed E-state index contributed by atoms with van der Waals surface area (Å²) in [5, 5.41) is 15.4. The normalized spacial score (nSPS) is 10.5. The first-order valence-electron chi connectivity index (χ1n) is 10.7. The molecule has 0 aliphatic rings. The summed E-state index contributed by atoms with van der Waals surface area (Å²) in [6.07, 6.45) is 3.70. The standard InChI is InChI=1S/C25H23N7O3/c1-16(33)17-4-8-19(9-5-17)26-23-28-24(27-20-10-6-18(7-11-20)22(34)35)30-25(29-23)32-14-12-21(13-15-32)31(2)3/h4-15H,1-3H3,(H2-,26,27,28,29,30,33,34,35)/p+1. The summed E-state index contributed by atoms with van der Waals surface area (Å²) in [5.41, 5.74) is 3.14. The molecular weight excluding hydrogens is 446 g/mol. The van der Waals surface area contributed by atoms with E-state index in [4.69, 9.17) is 5.11 Å². The zero-order chi connectivity index (χ0) is 24.9. The Balaban J connectivity index is 1.68. The van der Waals surface area contributed by atoms with Crippen molar-refractivity contribution in [3.63, 3.8) is 0 Å². The number of rotatable bonds is 8. The molecule has 2 aromatic carbocycles. The van der Waals surface area contributed by atoms with Gasteiger partial charge in [0.2, 0.25) is 0 Å². The van der Waals surface area contributed by atoms with Crippen LogP contribution in [0.15, 0.2) is 73.1 Å². The van der Waals surface area contributed by atoms with Gasteiger partial charge in [0.1, 0.15) is 0 Å². The summed E-state index contributed by atoms with van der Waals surface area (Å²) in [7, 11) is 3.92. The Morgan fingerprint density at radius 3 is 1.69 bits per heavy atom. The fourth-order valence-corrected chi connectivity index (χ4v) is 3.18. The number of carbonyl (C=O) groups is 2. The number of hydrogen-bond acceptors (Lipinski definition) is 8. The molecule has 3 N–H and O–H groups in total. The molecule has 0 bridgehead atoms. The summed E-state index contributed by atoms with van der Waals surface area (Å²) >= 11 is 0. The van der Waals surface area contributed by atoms with E-state index in [0.29, 0.717) is 28.8 Å². The van der Waals surface area contributed by atoms with Crippen LogP contribution in [0.25, 0.3) is 5.95 Å². The van der Waals surface area contributed by atoms with Crippen LogP contribution in [0.3, 0.4) is 0 Å². The third-order valence-corrected chi connectivity index (χ3v) is 5.12. The predicted molar refractivity (Wildman–Crippen MR) is 132 cm³/mol. The molecule has 2 heterocycles. The van der Waals surface area contributed by atoms with Gasteiger partial charge in [0.25, 0.3) is 0 Å². The predicted octanol–water partition coefficient (Wildman–Crippen LogP) is 3.60. The first kappa shape index (κ1) is 23.3. The Kier molecular flexibility index (Phi) is 6.63. The number of anilines is 5. The van der Waals surface area contributed by atoms with Gasteiger partial charge in [-0.2, -0.15) is 0 Å². The minimum Gasteiger partial charge on any atom is -0.478 e. The minimum absolute atomic E-state index is 0.0167. The summed E-state index contributed by atoms with van der Waals surface area (Å²) in [4.78, 5) is 38.2. The van der Waals surface area contributed by atoms with Gasteiger partial charge in [-0.25, -0.2) is 9.36 Å². The van der Waals surface area contributed by atoms with Gasteiger partial charge in [0.05, 0.1) is 18.0 Å². The van der Waals surface area contributed by atoms with Gasteiger partial charge >= 0.3 is 23.8 Å². The second-order valence-electron chi connectivity index (χ2n) is 7.91. The number of pyridine rings is 1. The number of ketones is 1. The van der Waals surface area contributed by atoms with Crippen molar-refractivity contribution < 1.29 is 19.3 Å². The number of carboxylic acids is 1. The van der Waals surface area contributed by atoms with Crippen LogP contribution in [-0.2, 0) is 0 Å². The lowest BCUT2D eigenvalue weighted by atomic mass is 10.1. The second kappa shape index (κ2) is 9.96. The first-order valence-corrected chi connectivity index (χ1v) is 10.7. The average molecular weight is 471 g/mol. The van der Waals surface area contributed by atoms with E-state index in [2.05, 4.69) is 25.6 Å². The van der Waals surface area contributed by atoms with Crippen LogP contribution < -0.4 is 20.1 Å². The highest BCUT2D eigenvalue weighted by Gasteiger charge is 2.19. The highest BCUT2D eigenvalue weighted by molar-refractivity contribution is 5.94. The molecule has 176 valence electrons. The van der Waals surface area contributed by atoms with Crippen molar-refractivity contribution in [2.45, 2.75) is 6.92 Å². The van der Waals surface area contributed by atoms with E-state index in [1.807, 2.05) is 43.5 Å². The zero-order valence-corrected chi connectivity index (χ0v) is 19.4. The molecule has 0 aliphatic heterocycles.